The van der Waals surface area contributed by atoms with Gasteiger partial charge in [-0.1, -0.05) is 26.9 Å². The highest BCUT2D eigenvalue weighted by molar-refractivity contribution is 4.75. The van der Waals surface area contributed by atoms with E-state index in [1.807, 2.05) is 0 Å². The summed E-state index contributed by atoms with van der Waals surface area (Å²) in [6.45, 7) is 0. The minimum atomic E-state index is -4.02. The van der Waals surface area contributed by atoms with E-state index in [9.17, 15) is 26.9 Å². The summed E-state index contributed by atoms with van der Waals surface area (Å²) in [7, 11) is 0.377. The Bertz CT molecular complexity index is 170. The quantitative estimate of drug-likeness (QED) is 0.428. The second kappa shape index (κ2) is 4.75. The van der Waals surface area contributed by atoms with Gasteiger partial charge < -0.3 is 10.5 Å². The highest BCUT2D eigenvalue weighted by atomic mass is 19.4. The van der Waals surface area contributed by atoms with Crippen LogP contribution >= 0.6 is 0 Å². The SMILES string of the molecule is COC(C(N)N(F)F)(N(F)F)N(F)F. The smallest absolute Gasteiger partial charge is 0.328 e. The van der Waals surface area contributed by atoms with Crippen molar-refractivity contribution >= 4 is 0 Å². The van der Waals surface area contributed by atoms with E-state index in [0.717, 1.165) is 0 Å². The first-order chi connectivity index (χ1) is 6.30. The maximum Gasteiger partial charge on any atom is 0.328 e. The number of rotatable bonds is 5. The van der Waals surface area contributed by atoms with Crippen molar-refractivity contribution in [2.75, 3.05) is 7.11 Å². The molecule has 0 aromatic rings. The fourth-order valence-corrected chi connectivity index (χ4v) is 0.643. The molecule has 0 aliphatic heterocycles. The molecule has 14 heavy (non-hydrogen) atoms. The molecule has 0 saturated carbocycles. The third kappa shape index (κ3) is 2.06. The van der Waals surface area contributed by atoms with Gasteiger partial charge in [0.2, 0.25) is 0 Å². The lowest BCUT2D eigenvalue weighted by atomic mass is 10.3. The van der Waals surface area contributed by atoms with Crippen LogP contribution in [-0.2, 0) is 4.74 Å². The van der Waals surface area contributed by atoms with Crippen LogP contribution in [0.2, 0.25) is 0 Å². The summed E-state index contributed by atoms with van der Waals surface area (Å²) in [5, 5.41) is -6.55. The lowest BCUT2D eigenvalue weighted by molar-refractivity contribution is -0.478. The summed E-state index contributed by atoms with van der Waals surface area (Å²) >= 11 is 0. The molecule has 1 atom stereocenters. The molecule has 0 rings (SSSR count). The number of nitrogens with zero attached hydrogens (tertiary/aromatic N) is 3. The van der Waals surface area contributed by atoms with E-state index in [-0.39, 0.29) is 0 Å². The van der Waals surface area contributed by atoms with Crippen LogP contribution in [0.15, 0.2) is 0 Å². The summed E-state index contributed by atoms with van der Waals surface area (Å²) in [5.74, 6) is -4.02. The van der Waals surface area contributed by atoms with Crippen LogP contribution in [-0.4, -0.2) is 35.2 Å². The van der Waals surface area contributed by atoms with E-state index in [2.05, 4.69) is 10.5 Å². The average molecular weight is 228 g/mol. The zero-order chi connectivity index (χ0) is 11.5. The van der Waals surface area contributed by atoms with Gasteiger partial charge in [-0.25, -0.2) is 0 Å². The molecule has 0 fully saturated rings. The summed E-state index contributed by atoms with van der Waals surface area (Å²) < 4.78 is 74.9. The predicted molar refractivity (Wildman–Crippen MR) is 29.9 cm³/mol. The fraction of sp³-hybridized carbons (Fsp3) is 1.00. The monoisotopic (exact) mass is 228 g/mol. The van der Waals surface area contributed by atoms with Gasteiger partial charge in [0.1, 0.15) is 0 Å². The first-order valence-corrected chi connectivity index (χ1v) is 2.95. The minimum Gasteiger partial charge on any atom is -0.340 e. The Labute approximate surface area is 73.8 Å². The molecule has 0 bridgehead atoms. The number of hydrogen-bond donors (Lipinski definition) is 1. The highest BCUT2D eigenvalue weighted by Crippen LogP contribution is 2.29. The van der Waals surface area contributed by atoms with E-state index >= 15 is 0 Å². The van der Waals surface area contributed by atoms with Crippen LogP contribution in [0.5, 0.6) is 0 Å². The van der Waals surface area contributed by atoms with Gasteiger partial charge in [0, 0.05) is 12.5 Å². The Morgan fingerprint density at radius 3 is 1.50 bits per heavy atom. The number of methoxy groups -OCH3 is 1. The van der Waals surface area contributed by atoms with E-state index in [1.54, 1.807) is 0 Å². The maximum absolute atomic E-state index is 12.0. The Balaban J connectivity index is 5.03. The number of ether oxygens (including phenoxy) is 1. The number of hydrogen-bond acceptors (Lipinski definition) is 5. The average Bonchev–Trinajstić information content (AvgIpc) is 2.04. The van der Waals surface area contributed by atoms with Crippen LogP contribution in [0.3, 0.4) is 0 Å². The Hall–Kier alpha value is -0.620. The molecule has 0 aromatic carbocycles. The van der Waals surface area contributed by atoms with Crippen LogP contribution in [0, 0.1) is 0 Å². The van der Waals surface area contributed by atoms with Crippen LogP contribution in [0.25, 0.3) is 0 Å². The van der Waals surface area contributed by atoms with Crippen molar-refractivity contribution in [1.82, 2.24) is 16.0 Å². The van der Waals surface area contributed by atoms with Crippen LogP contribution < -0.4 is 5.73 Å². The standard InChI is InChI=1S/C3H6F6N4O/c1-14-3(12(6)7,13(8)9)2(10)11(4)5/h2H,10H2,1H3. The molecule has 0 spiro atoms. The van der Waals surface area contributed by atoms with Gasteiger partial charge in [-0.05, 0) is 0 Å². The molecule has 1 unspecified atom stereocenters. The molecule has 0 saturated heterocycles. The molecule has 0 aliphatic rings. The van der Waals surface area contributed by atoms with Crippen molar-refractivity contribution in [3.63, 3.8) is 0 Å². The normalized spacial score (nSPS) is 15.6. The fourth-order valence-electron chi connectivity index (χ4n) is 0.643. The first kappa shape index (κ1) is 13.4. The summed E-state index contributed by atoms with van der Waals surface area (Å²) in [5.41, 5.74) is 4.42. The summed E-state index contributed by atoms with van der Waals surface area (Å²) in [6.07, 6.45) is -3.06. The lowest BCUT2D eigenvalue weighted by Crippen LogP contribution is -2.65. The Kier molecular flexibility index (Phi) is 4.54. The zero-order valence-corrected chi connectivity index (χ0v) is 6.67. The van der Waals surface area contributed by atoms with Gasteiger partial charge in [0.15, 0.2) is 6.17 Å². The van der Waals surface area contributed by atoms with Crippen LogP contribution in [0.4, 0.5) is 26.9 Å². The lowest BCUT2D eigenvalue weighted by Gasteiger charge is -2.34. The predicted octanol–water partition coefficient (Wildman–Crippen LogP) is 0.784. The zero-order valence-electron chi connectivity index (χ0n) is 6.67. The van der Waals surface area contributed by atoms with Crippen molar-refractivity contribution in [1.29, 1.82) is 0 Å². The van der Waals surface area contributed by atoms with Gasteiger partial charge in [-0.3, -0.25) is 0 Å². The van der Waals surface area contributed by atoms with Crippen molar-refractivity contribution < 1.29 is 31.6 Å². The summed E-state index contributed by atoms with van der Waals surface area (Å²) in [4.78, 5) is 0. The molecular weight excluding hydrogens is 222 g/mol. The minimum absolute atomic E-state index is 0.377. The van der Waals surface area contributed by atoms with Gasteiger partial charge >= 0.3 is 5.85 Å². The molecule has 2 N–H and O–H groups in total. The Morgan fingerprint density at radius 2 is 1.43 bits per heavy atom. The van der Waals surface area contributed by atoms with Crippen molar-refractivity contribution in [2.24, 2.45) is 5.73 Å². The molecule has 0 amide bonds. The second-order valence-electron chi connectivity index (χ2n) is 2.03. The molecule has 5 nitrogen and oxygen atoms in total. The van der Waals surface area contributed by atoms with Gasteiger partial charge in [-0.15, -0.1) is 0 Å². The van der Waals surface area contributed by atoms with Crippen molar-refractivity contribution in [2.45, 2.75) is 12.0 Å². The molecule has 11 heteroatoms. The third-order valence-corrected chi connectivity index (χ3v) is 1.38. The van der Waals surface area contributed by atoms with E-state index in [1.165, 1.54) is 0 Å². The van der Waals surface area contributed by atoms with E-state index in [4.69, 9.17) is 0 Å². The largest absolute Gasteiger partial charge is 0.340 e. The third-order valence-electron chi connectivity index (χ3n) is 1.38. The van der Waals surface area contributed by atoms with Gasteiger partial charge in [-0.2, -0.15) is 0 Å². The molecule has 86 valence electrons. The van der Waals surface area contributed by atoms with Crippen molar-refractivity contribution in [3.05, 3.63) is 0 Å². The van der Waals surface area contributed by atoms with Crippen LogP contribution in [0.1, 0.15) is 0 Å². The number of nitrogens with two attached hydrogens (primary N) is 1. The topological polar surface area (TPSA) is 45.0 Å². The molecule has 0 aliphatic carbocycles. The molecule has 0 radical (unpaired) electrons. The van der Waals surface area contributed by atoms with E-state index in [0.29, 0.717) is 7.11 Å². The van der Waals surface area contributed by atoms with Gasteiger partial charge in [0.05, 0.1) is 10.7 Å². The molecule has 0 aromatic heterocycles. The molecule has 0 heterocycles. The summed E-state index contributed by atoms with van der Waals surface area (Å²) in [6, 6.07) is 0. The van der Waals surface area contributed by atoms with Gasteiger partial charge in [0.25, 0.3) is 0 Å². The molecular formula is C3H6F6N4O. The van der Waals surface area contributed by atoms with Crippen molar-refractivity contribution in [3.8, 4) is 0 Å². The van der Waals surface area contributed by atoms with E-state index < -0.39 is 28.0 Å². The Morgan fingerprint density at radius 1 is 1.07 bits per heavy atom. The highest BCUT2D eigenvalue weighted by Gasteiger charge is 2.57. The second-order valence-corrected chi connectivity index (χ2v) is 2.03. The number of halogens is 6. The maximum atomic E-state index is 12.0. The first-order valence-electron chi connectivity index (χ1n) is 2.95.